The predicted octanol–water partition coefficient (Wildman–Crippen LogP) is 9.18. The highest BCUT2D eigenvalue weighted by Crippen LogP contribution is 2.39. The van der Waals surface area contributed by atoms with Crippen molar-refractivity contribution in [1.82, 2.24) is 9.88 Å². The highest BCUT2D eigenvalue weighted by Gasteiger charge is 2.23. The van der Waals surface area contributed by atoms with Gasteiger partial charge in [-0.05, 0) is 36.4 Å². The van der Waals surface area contributed by atoms with E-state index >= 15 is 0 Å². The van der Waals surface area contributed by atoms with Gasteiger partial charge in [0.1, 0.15) is 22.8 Å². The lowest BCUT2D eigenvalue weighted by Gasteiger charge is -2.22. The number of aliphatic imine (C=N–C) groups is 2. The van der Waals surface area contributed by atoms with E-state index in [1.54, 1.807) is 0 Å². The molecule has 0 saturated carbocycles. The van der Waals surface area contributed by atoms with Crippen LogP contribution >= 0.6 is 0 Å². The summed E-state index contributed by atoms with van der Waals surface area (Å²) < 4.78 is 8.90. The maximum absolute atomic E-state index is 6.54. The Morgan fingerprint density at radius 2 is 1.11 bits per heavy atom. The minimum atomic E-state index is -0.420. The predicted molar refractivity (Wildman–Crippen MR) is 180 cm³/mol. The number of amidine groups is 2. The maximum Gasteiger partial charge on any atom is 0.169 e. The van der Waals surface area contributed by atoms with E-state index in [4.69, 9.17) is 14.4 Å². The number of nitrogens with one attached hydrogen (secondary N) is 1. The number of hydrogen-bond acceptors (Lipinski definition) is 4. The van der Waals surface area contributed by atoms with Crippen LogP contribution in [0, 0.1) is 0 Å². The molecule has 2 aromatic heterocycles. The first kappa shape index (κ1) is 24.6. The second-order valence-electron chi connectivity index (χ2n) is 11.1. The number of nitrogens with zero attached hydrogens (tertiary/aromatic N) is 3. The lowest BCUT2D eigenvalue weighted by Crippen LogP contribution is -2.35. The summed E-state index contributed by atoms with van der Waals surface area (Å²) in [5.74, 6) is 1.59. The Balaban J connectivity index is 1.22. The molecule has 3 heterocycles. The van der Waals surface area contributed by atoms with Crippen LogP contribution in [-0.2, 0) is 0 Å². The molecule has 0 amide bonds. The number of aromatic nitrogens is 1. The molecule has 5 nitrogen and oxygen atoms in total. The molecule has 0 fully saturated rings. The zero-order valence-electron chi connectivity index (χ0n) is 23.7. The number of furan rings is 1. The van der Waals surface area contributed by atoms with E-state index in [1.807, 2.05) is 42.5 Å². The van der Waals surface area contributed by atoms with Crippen LogP contribution in [0.2, 0.25) is 0 Å². The summed E-state index contributed by atoms with van der Waals surface area (Å²) in [4.78, 5) is 10.1. The number of rotatable bonds is 4. The molecule has 1 aliphatic heterocycles. The van der Waals surface area contributed by atoms with E-state index in [0.29, 0.717) is 0 Å². The van der Waals surface area contributed by atoms with Gasteiger partial charge < -0.3 is 14.3 Å². The van der Waals surface area contributed by atoms with Crippen LogP contribution in [0.25, 0.3) is 49.4 Å². The number of fused-ring (bicyclic) bond motifs is 6. The van der Waals surface area contributed by atoms with Crippen molar-refractivity contribution in [3.8, 4) is 5.69 Å². The van der Waals surface area contributed by atoms with Crippen LogP contribution in [0.4, 0.5) is 0 Å². The molecule has 9 rings (SSSR count). The SMILES string of the molecule is c1ccc(C2=NC(c3ccc4c(c3)oc3cccc(-n5c6ccccc6c6ccccc65)c34)N=C(c3ccccc3)N2)cc1. The quantitative estimate of drug-likeness (QED) is 0.231. The molecular formula is C39H26N4O. The van der Waals surface area contributed by atoms with Crippen molar-refractivity contribution in [2.75, 3.05) is 0 Å². The number of hydrogen-bond donors (Lipinski definition) is 1. The molecule has 0 spiro atoms. The molecule has 0 unspecified atom stereocenters. The Labute approximate surface area is 253 Å². The molecular weight excluding hydrogens is 540 g/mol. The molecule has 1 aliphatic rings. The van der Waals surface area contributed by atoms with E-state index < -0.39 is 6.17 Å². The minimum absolute atomic E-state index is 0.420. The monoisotopic (exact) mass is 566 g/mol. The van der Waals surface area contributed by atoms with Crippen LogP contribution < -0.4 is 5.32 Å². The van der Waals surface area contributed by atoms with Crippen molar-refractivity contribution in [3.63, 3.8) is 0 Å². The fourth-order valence-corrected chi connectivity index (χ4v) is 6.44. The molecule has 5 heteroatoms. The van der Waals surface area contributed by atoms with Gasteiger partial charge in [-0.15, -0.1) is 0 Å². The van der Waals surface area contributed by atoms with Gasteiger partial charge in [-0.25, -0.2) is 9.98 Å². The molecule has 208 valence electrons. The molecule has 1 N–H and O–H groups in total. The average molecular weight is 567 g/mol. The smallest absolute Gasteiger partial charge is 0.169 e. The molecule has 44 heavy (non-hydrogen) atoms. The summed E-state index contributed by atoms with van der Waals surface area (Å²) in [5.41, 5.74) is 8.11. The zero-order chi connectivity index (χ0) is 29.0. The number of benzene rings is 6. The standard InChI is InChI=1S/C39H26N4O/c1-3-12-25(13-4-1)37-40-38(26-14-5-2-6-15-26)42-39(41-37)27-22-23-30-35(24-27)44-34-21-11-20-33(36(30)34)43-31-18-9-7-16-28(31)29-17-8-10-19-32(29)43/h1-24,39H,(H,40,41,42). The van der Waals surface area contributed by atoms with Gasteiger partial charge >= 0.3 is 0 Å². The first-order valence-corrected chi connectivity index (χ1v) is 14.8. The fraction of sp³-hybridized carbons (Fsp3) is 0.0256. The summed E-state index contributed by atoms with van der Waals surface area (Å²) in [6.07, 6.45) is -0.420. The Morgan fingerprint density at radius 3 is 1.75 bits per heavy atom. The molecule has 0 radical (unpaired) electrons. The average Bonchev–Trinajstić information content (AvgIpc) is 3.64. The summed E-state index contributed by atoms with van der Waals surface area (Å²) in [7, 11) is 0. The highest BCUT2D eigenvalue weighted by atomic mass is 16.3. The van der Waals surface area contributed by atoms with Crippen LogP contribution in [0.5, 0.6) is 0 Å². The Bertz CT molecular complexity index is 2310. The molecule has 8 aromatic rings. The van der Waals surface area contributed by atoms with Crippen LogP contribution in [0.3, 0.4) is 0 Å². The van der Waals surface area contributed by atoms with Gasteiger partial charge in [0.15, 0.2) is 6.17 Å². The maximum atomic E-state index is 6.54. The van der Waals surface area contributed by atoms with Crippen molar-refractivity contribution in [3.05, 3.63) is 162 Å². The van der Waals surface area contributed by atoms with Gasteiger partial charge in [0.05, 0.1) is 22.1 Å². The summed E-state index contributed by atoms with van der Waals surface area (Å²) in [5, 5.41) is 8.10. The molecule has 0 bridgehead atoms. The lowest BCUT2D eigenvalue weighted by atomic mass is 10.1. The lowest BCUT2D eigenvalue weighted by molar-refractivity contribution is 0.665. The van der Waals surface area contributed by atoms with E-state index in [2.05, 4.69) is 113 Å². The topological polar surface area (TPSA) is 54.8 Å². The van der Waals surface area contributed by atoms with Gasteiger partial charge in [0.25, 0.3) is 0 Å². The van der Waals surface area contributed by atoms with E-state index in [0.717, 1.165) is 56.0 Å². The zero-order valence-corrected chi connectivity index (χ0v) is 23.7. The molecule has 0 saturated heterocycles. The third kappa shape index (κ3) is 3.87. The Hall–Kier alpha value is -5.94. The van der Waals surface area contributed by atoms with Gasteiger partial charge in [0, 0.05) is 32.8 Å². The van der Waals surface area contributed by atoms with Gasteiger partial charge in [-0.1, -0.05) is 109 Å². The van der Waals surface area contributed by atoms with Crippen molar-refractivity contribution in [1.29, 1.82) is 0 Å². The van der Waals surface area contributed by atoms with Crippen LogP contribution in [-0.4, -0.2) is 16.2 Å². The van der Waals surface area contributed by atoms with E-state index in [9.17, 15) is 0 Å². The normalized spacial score (nSPS) is 13.8. The largest absolute Gasteiger partial charge is 0.456 e. The van der Waals surface area contributed by atoms with Gasteiger partial charge in [-0.3, -0.25) is 0 Å². The molecule has 6 aromatic carbocycles. The number of para-hydroxylation sites is 2. The van der Waals surface area contributed by atoms with Crippen molar-refractivity contribution < 1.29 is 4.42 Å². The van der Waals surface area contributed by atoms with Crippen molar-refractivity contribution in [2.45, 2.75) is 6.17 Å². The van der Waals surface area contributed by atoms with Crippen molar-refractivity contribution in [2.24, 2.45) is 9.98 Å². The first-order valence-electron chi connectivity index (χ1n) is 14.8. The van der Waals surface area contributed by atoms with Crippen LogP contribution in [0.15, 0.2) is 160 Å². The van der Waals surface area contributed by atoms with E-state index in [-0.39, 0.29) is 0 Å². The fourth-order valence-electron chi connectivity index (χ4n) is 6.44. The second-order valence-corrected chi connectivity index (χ2v) is 11.1. The van der Waals surface area contributed by atoms with Crippen molar-refractivity contribution >= 4 is 55.4 Å². The van der Waals surface area contributed by atoms with Gasteiger partial charge in [0.2, 0.25) is 0 Å². The summed E-state index contributed by atoms with van der Waals surface area (Å²) in [6, 6.07) is 50.3. The first-order chi connectivity index (χ1) is 21.8. The van der Waals surface area contributed by atoms with Crippen LogP contribution in [0.1, 0.15) is 22.9 Å². The molecule has 0 atom stereocenters. The summed E-state index contributed by atoms with van der Waals surface area (Å²) in [6.45, 7) is 0. The van der Waals surface area contributed by atoms with E-state index in [1.165, 1.54) is 21.8 Å². The second kappa shape index (κ2) is 9.82. The molecule has 0 aliphatic carbocycles. The third-order valence-corrected chi connectivity index (χ3v) is 8.45. The Kier molecular flexibility index (Phi) is 5.50. The third-order valence-electron chi connectivity index (χ3n) is 8.45. The van der Waals surface area contributed by atoms with Gasteiger partial charge in [-0.2, -0.15) is 0 Å². The highest BCUT2D eigenvalue weighted by molar-refractivity contribution is 6.16. The minimum Gasteiger partial charge on any atom is -0.456 e. The Morgan fingerprint density at radius 1 is 0.523 bits per heavy atom. The summed E-state index contributed by atoms with van der Waals surface area (Å²) >= 11 is 0.